The van der Waals surface area contributed by atoms with Gasteiger partial charge in [0.05, 0.1) is 24.5 Å². The Balaban J connectivity index is 2.12. The molecular formula is C19H25N3O4. The number of nitrogens with one attached hydrogen (secondary N) is 1. The molecule has 0 saturated heterocycles. The van der Waals surface area contributed by atoms with Crippen molar-refractivity contribution in [3.05, 3.63) is 46.8 Å². The van der Waals surface area contributed by atoms with E-state index in [9.17, 15) is 9.59 Å². The van der Waals surface area contributed by atoms with E-state index in [1.165, 1.54) is 7.11 Å². The maximum atomic E-state index is 12.6. The van der Waals surface area contributed by atoms with Gasteiger partial charge in [-0.1, -0.05) is 12.1 Å². The lowest BCUT2D eigenvalue weighted by atomic mass is 10.1. The molecule has 2 rings (SSSR count). The smallest absolute Gasteiger partial charge is 0.327 e. The highest BCUT2D eigenvalue weighted by Gasteiger charge is 2.17. The van der Waals surface area contributed by atoms with Crippen LogP contribution in [0.15, 0.2) is 24.3 Å². The number of carbonyl (C=O) groups is 2. The molecule has 0 atom stereocenters. The highest BCUT2D eigenvalue weighted by molar-refractivity contribution is 5.96. The quantitative estimate of drug-likeness (QED) is 0.768. The monoisotopic (exact) mass is 359 g/mol. The van der Waals surface area contributed by atoms with Gasteiger partial charge < -0.3 is 14.8 Å². The summed E-state index contributed by atoms with van der Waals surface area (Å²) in [6.45, 7) is 7.89. The van der Waals surface area contributed by atoms with Crippen molar-refractivity contribution in [3.8, 4) is 5.75 Å². The van der Waals surface area contributed by atoms with Gasteiger partial charge in [-0.3, -0.25) is 14.3 Å². The Morgan fingerprint density at radius 3 is 2.58 bits per heavy atom. The molecule has 1 aromatic carbocycles. The van der Waals surface area contributed by atoms with E-state index in [4.69, 9.17) is 4.74 Å². The molecule has 0 bridgehead atoms. The van der Waals surface area contributed by atoms with Crippen LogP contribution in [0.1, 0.15) is 41.2 Å². The lowest BCUT2D eigenvalue weighted by Gasteiger charge is -2.14. The van der Waals surface area contributed by atoms with Crippen LogP contribution < -0.4 is 10.1 Å². The fraction of sp³-hybridized carbons (Fsp3) is 0.421. The predicted molar refractivity (Wildman–Crippen MR) is 97.1 cm³/mol. The van der Waals surface area contributed by atoms with Crippen LogP contribution in [0.5, 0.6) is 5.75 Å². The SMILES string of the molecule is COC(=O)Cn1nc(C)c(CNC(=O)c2ccccc2OC(C)C)c1C. The summed E-state index contributed by atoms with van der Waals surface area (Å²) in [6, 6.07) is 7.14. The van der Waals surface area contributed by atoms with Crippen molar-refractivity contribution in [1.29, 1.82) is 0 Å². The second-order valence-electron chi connectivity index (χ2n) is 6.23. The Bertz CT molecular complexity index is 796. The molecule has 0 aliphatic rings. The first-order valence-electron chi connectivity index (χ1n) is 8.47. The molecule has 0 unspecified atom stereocenters. The fourth-order valence-corrected chi connectivity index (χ4v) is 2.61. The summed E-state index contributed by atoms with van der Waals surface area (Å²) in [5.41, 5.74) is 2.95. The molecule has 0 spiro atoms. The predicted octanol–water partition coefficient (Wildman–Crippen LogP) is 2.39. The molecule has 1 aromatic heterocycles. The van der Waals surface area contributed by atoms with Gasteiger partial charge in [0.15, 0.2) is 0 Å². The summed E-state index contributed by atoms with van der Waals surface area (Å²) in [5.74, 6) is -0.0402. The van der Waals surface area contributed by atoms with E-state index in [1.54, 1.807) is 22.9 Å². The van der Waals surface area contributed by atoms with E-state index in [0.717, 1.165) is 17.0 Å². The number of aromatic nitrogens is 2. The summed E-state index contributed by atoms with van der Waals surface area (Å²) in [6.07, 6.45) is -0.0232. The van der Waals surface area contributed by atoms with E-state index < -0.39 is 0 Å². The Labute approximate surface area is 153 Å². The summed E-state index contributed by atoms with van der Waals surface area (Å²) in [5, 5.41) is 7.25. The van der Waals surface area contributed by atoms with Crippen LogP contribution in [-0.4, -0.2) is 34.9 Å². The number of esters is 1. The van der Waals surface area contributed by atoms with Crippen LogP contribution in [0.25, 0.3) is 0 Å². The maximum Gasteiger partial charge on any atom is 0.327 e. The maximum absolute atomic E-state index is 12.6. The zero-order chi connectivity index (χ0) is 19.3. The molecule has 7 nitrogen and oxygen atoms in total. The standard InChI is InChI=1S/C19H25N3O4/c1-12(2)26-17-9-7-6-8-15(17)19(24)20-10-16-13(3)21-22(14(16)4)11-18(23)25-5/h6-9,12H,10-11H2,1-5H3,(H,20,24). The minimum absolute atomic E-state index is 0.0232. The second-order valence-corrected chi connectivity index (χ2v) is 6.23. The number of methoxy groups -OCH3 is 1. The van der Waals surface area contributed by atoms with E-state index in [0.29, 0.717) is 17.9 Å². The Morgan fingerprint density at radius 1 is 1.23 bits per heavy atom. The Hall–Kier alpha value is -2.83. The van der Waals surface area contributed by atoms with Crippen LogP contribution >= 0.6 is 0 Å². The van der Waals surface area contributed by atoms with Crippen molar-refractivity contribution in [1.82, 2.24) is 15.1 Å². The Morgan fingerprint density at radius 2 is 1.92 bits per heavy atom. The number of amides is 1. The molecule has 0 saturated carbocycles. The minimum atomic E-state index is -0.369. The van der Waals surface area contributed by atoms with Gasteiger partial charge in [0.2, 0.25) is 0 Å². The molecule has 140 valence electrons. The molecule has 2 aromatic rings. The normalized spacial score (nSPS) is 10.7. The van der Waals surface area contributed by atoms with Crippen molar-refractivity contribution in [2.75, 3.05) is 7.11 Å². The van der Waals surface area contributed by atoms with Crippen molar-refractivity contribution in [3.63, 3.8) is 0 Å². The van der Waals surface area contributed by atoms with Crippen LogP contribution in [-0.2, 0) is 22.6 Å². The number of carbonyl (C=O) groups excluding carboxylic acids is 2. The molecule has 0 radical (unpaired) electrons. The van der Waals surface area contributed by atoms with Gasteiger partial charge in [-0.05, 0) is 39.8 Å². The van der Waals surface area contributed by atoms with Crippen molar-refractivity contribution >= 4 is 11.9 Å². The third-order valence-electron chi connectivity index (χ3n) is 3.96. The molecule has 7 heteroatoms. The van der Waals surface area contributed by atoms with Gasteiger partial charge in [-0.25, -0.2) is 0 Å². The molecule has 0 aliphatic carbocycles. The van der Waals surface area contributed by atoms with Gasteiger partial charge in [-0.15, -0.1) is 0 Å². The van der Waals surface area contributed by atoms with Gasteiger partial charge in [0, 0.05) is 17.8 Å². The number of nitrogens with zero attached hydrogens (tertiary/aromatic N) is 2. The number of aryl methyl sites for hydroxylation is 1. The van der Waals surface area contributed by atoms with Crippen molar-refractivity contribution < 1.29 is 19.1 Å². The molecule has 26 heavy (non-hydrogen) atoms. The summed E-state index contributed by atoms with van der Waals surface area (Å²) in [7, 11) is 1.34. The average molecular weight is 359 g/mol. The van der Waals surface area contributed by atoms with Crippen LogP contribution in [0, 0.1) is 13.8 Å². The highest BCUT2D eigenvalue weighted by atomic mass is 16.5. The molecule has 0 fully saturated rings. The third kappa shape index (κ3) is 4.62. The molecule has 1 heterocycles. The lowest BCUT2D eigenvalue weighted by molar-refractivity contribution is -0.141. The van der Waals surface area contributed by atoms with Crippen molar-refractivity contribution in [2.45, 2.75) is 46.9 Å². The number of hydrogen-bond acceptors (Lipinski definition) is 5. The van der Waals surface area contributed by atoms with E-state index in [-0.39, 0.29) is 24.5 Å². The van der Waals surface area contributed by atoms with Gasteiger partial charge in [0.1, 0.15) is 12.3 Å². The summed E-state index contributed by atoms with van der Waals surface area (Å²) < 4.78 is 12.0. The van der Waals surface area contributed by atoms with Gasteiger partial charge >= 0.3 is 5.97 Å². The number of ether oxygens (including phenoxy) is 2. The molecular weight excluding hydrogens is 334 g/mol. The number of benzene rings is 1. The van der Waals surface area contributed by atoms with Crippen LogP contribution in [0.4, 0.5) is 0 Å². The van der Waals surface area contributed by atoms with E-state index in [2.05, 4.69) is 15.2 Å². The molecule has 0 aliphatic heterocycles. The van der Waals surface area contributed by atoms with E-state index >= 15 is 0 Å². The first-order chi connectivity index (χ1) is 12.3. The highest BCUT2D eigenvalue weighted by Crippen LogP contribution is 2.20. The second kappa shape index (κ2) is 8.51. The first kappa shape index (κ1) is 19.5. The van der Waals surface area contributed by atoms with Gasteiger partial charge in [-0.2, -0.15) is 5.10 Å². The third-order valence-corrected chi connectivity index (χ3v) is 3.96. The van der Waals surface area contributed by atoms with Crippen LogP contribution in [0.2, 0.25) is 0 Å². The largest absolute Gasteiger partial charge is 0.490 e. The Kier molecular flexibility index (Phi) is 6.38. The van der Waals surface area contributed by atoms with Gasteiger partial charge in [0.25, 0.3) is 5.91 Å². The number of para-hydroxylation sites is 1. The summed E-state index contributed by atoms with van der Waals surface area (Å²) in [4.78, 5) is 24.0. The molecule has 1 amide bonds. The first-order valence-corrected chi connectivity index (χ1v) is 8.47. The average Bonchev–Trinajstić information content (AvgIpc) is 2.86. The topological polar surface area (TPSA) is 82.5 Å². The zero-order valence-corrected chi connectivity index (χ0v) is 15.8. The fourth-order valence-electron chi connectivity index (χ4n) is 2.61. The van der Waals surface area contributed by atoms with Crippen LogP contribution in [0.3, 0.4) is 0 Å². The van der Waals surface area contributed by atoms with Crippen molar-refractivity contribution in [2.24, 2.45) is 0 Å². The number of hydrogen-bond donors (Lipinski definition) is 1. The number of rotatable bonds is 7. The summed E-state index contributed by atoms with van der Waals surface area (Å²) >= 11 is 0. The van der Waals surface area contributed by atoms with E-state index in [1.807, 2.05) is 33.8 Å². The zero-order valence-electron chi connectivity index (χ0n) is 15.8. The molecule has 1 N–H and O–H groups in total. The lowest BCUT2D eigenvalue weighted by Crippen LogP contribution is -2.24. The minimum Gasteiger partial charge on any atom is -0.490 e.